The van der Waals surface area contributed by atoms with Crippen LogP contribution in [0, 0.1) is 6.92 Å². The number of aromatic hydroxyl groups is 1. The number of phenols is 1. The van der Waals surface area contributed by atoms with Gasteiger partial charge in [0.05, 0.1) is 5.57 Å². The van der Waals surface area contributed by atoms with E-state index >= 15 is 0 Å². The van der Waals surface area contributed by atoms with Gasteiger partial charge >= 0.3 is 0 Å². The first-order valence-corrected chi connectivity index (χ1v) is 9.75. The number of phenolic OH excluding ortho intramolecular Hbond substituents is 1. The largest absolute Gasteiger partial charge is 0.507 e. The van der Waals surface area contributed by atoms with E-state index in [0.717, 1.165) is 0 Å². The van der Waals surface area contributed by atoms with Crippen molar-refractivity contribution in [1.29, 1.82) is 0 Å². The monoisotopic (exact) mass is 392 g/mol. The number of aliphatic hydroxyl groups is 1. The first kappa shape index (κ1) is 20.8. The minimum absolute atomic E-state index is 0.0101. The van der Waals surface area contributed by atoms with E-state index in [-0.39, 0.29) is 22.7 Å². The highest BCUT2D eigenvalue weighted by atomic mass is 16.3. The number of carbonyl (C=O) groups is 2. The number of aryl methyl sites for hydroxylation is 1. The van der Waals surface area contributed by atoms with Gasteiger partial charge in [0.2, 0.25) is 5.78 Å². The van der Waals surface area contributed by atoms with E-state index in [9.17, 15) is 19.8 Å². The molecule has 3 rings (SSSR count). The Bertz CT molecular complexity index is 1040. The summed E-state index contributed by atoms with van der Waals surface area (Å²) in [6, 6.07) is 8.52. The molecule has 0 radical (unpaired) electrons. The molecule has 2 N–H and O–H groups in total. The van der Waals surface area contributed by atoms with Crippen LogP contribution >= 0.6 is 0 Å². The van der Waals surface area contributed by atoms with Crippen molar-refractivity contribution in [2.75, 3.05) is 0 Å². The summed E-state index contributed by atoms with van der Waals surface area (Å²) in [5, 5.41) is 21.7. The van der Waals surface area contributed by atoms with Crippen molar-refractivity contribution >= 4 is 17.1 Å². The maximum absolute atomic E-state index is 13.3. The van der Waals surface area contributed by atoms with Crippen LogP contribution in [-0.2, 0) is 10.8 Å². The van der Waals surface area contributed by atoms with E-state index in [1.165, 1.54) is 0 Å². The topological polar surface area (TPSA) is 74.6 Å². The number of hydrogen-bond acceptors (Lipinski definition) is 4. The molecule has 0 aliphatic heterocycles. The zero-order chi connectivity index (χ0) is 21.9. The molecule has 0 saturated carbocycles. The van der Waals surface area contributed by atoms with Crippen molar-refractivity contribution in [1.82, 2.24) is 0 Å². The Kier molecular flexibility index (Phi) is 4.73. The van der Waals surface area contributed by atoms with Gasteiger partial charge < -0.3 is 10.2 Å². The number of hydrogen-bond donors (Lipinski definition) is 2. The molecule has 0 amide bonds. The normalized spacial score (nSPS) is 15.0. The second kappa shape index (κ2) is 6.58. The molecule has 4 heteroatoms. The van der Waals surface area contributed by atoms with Gasteiger partial charge in [-0.3, -0.25) is 9.59 Å². The molecular formula is C25H28O4. The second-order valence-electron chi connectivity index (χ2n) is 9.80. The van der Waals surface area contributed by atoms with Crippen molar-refractivity contribution in [3.63, 3.8) is 0 Å². The first-order chi connectivity index (χ1) is 13.2. The smallest absolute Gasteiger partial charge is 0.229 e. The van der Waals surface area contributed by atoms with Crippen molar-refractivity contribution < 1.29 is 19.8 Å². The number of allylic oxidation sites excluding steroid dienone is 2. The third kappa shape index (κ3) is 3.37. The van der Waals surface area contributed by atoms with E-state index in [0.29, 0.717) is 27.8 Å². The fourth-order valence-corrected chi connectivity index (χ4v) is 3.82. The fraction of sp³-hybridized carbons (Fsp3) is 0.360. The molecule has 0 heterocycles. The molecule has 2 aromatic carbocycles. The average Bonchev–Trinajstić information content (AvgIpc) is 2.59. The molecule has 2 aromatic rings. The van der Waals surface area contributed by atoms with Crippen LogP contribution in [0.15, 0.2) is 36.1 Å². The molecule has 1 aliphatic rings. The van der Waals surface area contributed by atoms with Gasteiger partial charge in [0.25, 0.3) is 0 Å². The number of rotatable bonds is 1. The molecule has 0 atom stereocenters. The SMILES string of the molecule is Cc1cccc2c1C(=O)C(O)=C(c1cc(C(C)(C)C)c(O)c(C(C)(C)C)c1)C2=O. The van der Waals surface area contributed by atoms with Crippen LogP contribution in [0.4, 0.5) is 0 Å². The quantitative estimate of drug-likeness (QED) is 0.658. The maximum atomic E-state index is 13.3. The van der Waals surface area contributed by atoms with E-state index < -0.39 is 22.4 Å². The Morgan fingerprint density at radius 1 is 0.793 bits per heavy atom. The average molecular weight is 392 g/mol. The number of carbonyl (C=O) groups excluding carboxylic acids is 2. The zero-order valence-electron chi connectivity index (χ0n) is 18.1. The summed E-state index contributed by atoms with van der Waals surface area (Å²) in [6.07, 6.45) is 0. The Hall–Kier alpha value is -2.88. The third-order valence-corrected chi connectivity index (χ3v) is 5.44. The van der Waals surface area contributed by atoms with E-state index in [1.54, 1.807) is 37.3 Å². The highest BCUT2D eigenvalue weighted by Gasteiger charge is 2.36. The van der Waals surface area contributed by atoms with Gasteiger partial charge in [-0.05, 0) is 41.0 Å². The predicted octanol–water partition coefficient (Wildman–Crippen LogP) is 5.64. The number of Topliss-reactive ketones (excluding diaryl/α,β-unsaturated/α-hetero) is 2. The maximum Gasteiger partial charge on any atom is 0.229 e. The first-order valence-electron chi connectivity index (χ1n) is 9.75. The van der Waals surface area contributed by atoms with Crippen LogP contribution < -0.4 is 0 Å². The second-order valence-corrected chi connectivity index (χ2v) is 9.80. The zero-order valence-corrected chi connectivity index (χ0v) is 18.1. The molecule has 0 saturated heterocycles. The fourth-order valence-electron chi connectivity index (χ4n) is 3.82. The van der Waals surface area contributed by atoms with Gasteiger partial charge in [-0.1, -0.05) is 59.7 Å². The number of ketones is 2. The minimum atomic E-state index is -0.546. The van der Waals surface area contributed by atoms with Crippen LogP contribution in [0.2, 0.25) is 0 Å². The molecule has 29 heavy (non-hydrogen) atoms. The molecule has 0 bridgehead atoms. The van der Waals surface area contributed by atoms with Crippen LogP contribution in [-0.4, -0.2) is 21.8 Å². The molecule has 1 aliphatic carbocycles. The van der Waals surface area contributed by atoms with Gasteiger partial charge in [-0.25, -0.2) is 0 Å². The Labute approximate surface area is 171 Å². The lowest BCUT2D eigenvalue weighted by Gasteiger charge is -2.29. The van der Waals surface area contributed by atoms with Gasteiger partial charge in [0.15, 0.2) is 11.5 Å². The standard InChI is InChI=1S/C25H28O4/c1-13-9-8-10-15-18(13)22(28)23(29)19(20(15)26)14-11-16(24(2,3)4)21(27)17(12-14)25(5,6)7/h8-12,27,29H,1-7H3. The minimum Gasteiger partial charge on any atom is -0.507 e. The van der Waals surface area contributed by atoms with Crippen molar-refractivity contribution in [2.45, 2.75) is 59.3 Å². The molecule has 152 valence electrons. The highest BCUT2D eigenvalue weighted by Crippen LogP contribution is 2.43. The lowest BCUT2D eigenvalue weighted by atomic mass is 9.76. The molecule has 0 unspecified atom stereocenters. The van der Waals surface area contributed by atoms with Gasteiger partial charge in [0, 0.05) is 22.3 Å². The number of fused-ring (bicyclic) bond motifs is 1. The Morgan fingerprint density at radius 2 is 1.31 bits per heavy atom. The molecule has 0 spiro atoms. The summed E-state index contributed by atoms with van der Waals surface area (Å²) in [4.78, 5) is 26.2. The Balaban J connectivity index is 2.35. The summed E-state index contributed by atoms with van der Waals surface area (Å²) in [7, 11) is 0. The third-order valence-electron chi connectivity index (χ3n) is 5.44. The molecular weight excluding hydrogens is 364 g/mol. The molecule has 0 fully saturated rings. The predicted molar refractivity (Wildman–Crippen MR) is 115 cm³/mol. The van der Waals surface area contributed by atoms with Gasteiger partial charge in [0.1, 0.15) is 5.75 Å². The van der Waals surface area contributed by atoms with Crippen molar-refractivity contribution in [2.24, 2.45) is 0 Å². The lowest BCUT2D eigenvalue weighted by molar-refractivity contribution is 0.0946. The Morgan fingerprint density at radius 3 is 1.79 bits per heavy atom. The lowest BCUT2D eigenvalue weighted by Crippen LogP contribution is -2.24. The summed E-state index contributed by atoms with van der Waals surface area (Å²) in [5.41, 5.74) is 2.17. The van der Waals surface area contributed by atoms with Crippen LogP contribution in [0.1, 0.15) is 84.5 Å². The van der Waals surface area contributed by atoms with E-state index in [2.05, 4.69) is 0 Å². The molecule has 4 nitrogen and oxygen atoms in total. The van der Waals surface area contributed by atoms with E-state index in [4.69, 9.17) is 0 Å². The summed E-state index contributed by atoms with van der Waals surface area (Å²) < 4.78 is 0. The van der Waals surface area contributed by atoms with Crippen LogP contribution in [0.25, 0.3) is 5.57 Å². The van der Waals surface area contributed by atoms with Crippen molar-refractivity contribution in [3.05, 3.63) is 69.5 Å². The summed E-state index contributed by atoms with van der Waals surface area (Å²) in [5.74, 6) is -1.29. The molecule has 0 aromatic heterocycles. The number of benzene rings is 2. The van der Waals surface area contributed by atoms with Gasteiger partial charge in [-0.2, -0.15) is 0 Å². The summed E-state index contributed by atoms with van der Waals surface area (Å²) >= 11 is 0. The summed E-state index contributed by atoms with van der Waals surface area (Å²) in [6.45, 7) is 13.6. The van der Waals surface area contributed by atoms with Gasteiger partial charge in [-0.15, -0.1) is 0 Å². The van der Waals surface area contributed by atoms with E-state index in [1.807, 2.05) is 41.5 Å². The van der Waals surface area contributed by atoms with Crippen LogP contribution in [0.3, 0.4) is 0 Å². The number of aliphatic hydroxyl groups excluding tert-OH is 1. The van der Waals surface area contributed by atoms with Crippen molar-refractivity contribution in [3.8, 4) is 5.75 Å². The van der Waals surface area contributed by atoms with Crippen LogP contribution in [0.5, 0.6) is 5.75 Å². The highest BCUT2D eigenvalue weighted by molar-refractivity contribution is 6.40.